The minimum absolute atomic E-state index is 0.00667. The van der Waals surface area contributed by atoms with E-state index >= 15 is 0 Å². The number of phenols is 1. The van der Waals surface area contributed by atoms with Crippen LogP contribution in [-0.2, 0) is 25.6 Å². The summed E-state index contributed by atoms with van der Waals surface area (Å²) in [5.41, 5.74) is 3.87. The van der Waals surface area contributed by atoms with Crippen LogP contribution >= 0.6 is 0 Å². The van der Waals surface area contributed by atoms with Crippen LogP contribution in [0.1, 0.15) is 22.3 Å². The van der Waals surface area contributed by atoms with Crippen LogP contribution in [0.2, 0.25) is 0 Å². The molecule has 1 aromatic carbocycles. The number of hydrogen-bond acceptors (Lipinski definition) is 9. The molecule has 0 aliphatic heterocycles. The molecule has 1 aromatic rings. The monoisotopic (exact) mass is 457 g/mol. The molecule has 33 heavy (non-hydrogen) atoms. The van der Waals surface area contributed by atoms with Gasteiger partial charge in [-0.3, -0.25) is 28.9 Å². The Morgan fingerprint density at radius 1 is 1.09 bits per heavy atom. The molecule has 176 valence electrons. The van der Waals surface area contributed by atoms with Crippen molar-refractivity contribution in [1.82, 2.24) is 4.90 Å². The molecule has 0 bridgehead atoms. The zero-order valence-corrected chi connectivity index (χ0v) is 18.9. The molecule has 2 fully saturated rings. The van der Waals surface area contributed by atoms with E-state index in [4.69, 9.17) is 5.73 Å². The number of anilines is 1. The molecule has 10 nitrogen and oxygen atoms in total. The number of carbonyl (C=O) groups is 5. The molecule has 4 N–H and O–H groups in total. The predicted octanol–water partition coefficient (Wildman–Crippen LogP) is -1.07. The number of benzene rings is 1. The lowest BCUT2D eigenvalue weighted by Gasteiger charge is -2.52. The molecular weight excluding hydrogens is 430 g/mol. The second-order valence-corrected chi connectivity index (χ2v) is 9.64. The summed E-state index contributed by atoms with van der Waals surface area (Å²) in [4.78, 5) is 68.6. The van der Waals surface area contributed by atoms with Crippen molar-refractivity contribution in [3.8, 4) is 5.75 Å². The first kappa shape index (κ1) is 23.1. The number of primary amides is 1. The largest absolute Gasteiger partial charge is 0.507 e. The number of aliphatic hydroxyl groups is 1. The van der Waals surface area contributed by atoms with E-state index in [-0.39, 0.29) is 24.2 Å². The minimum Gasteiger partial charge on any atom is -0.507 e. The minimum atomic E-state index is -2.70. The summed E-state index contributed by atoms with van der Waals surface area (Å²) in [7, 11) is 6.69. The second-order valence-electron chi connectivity index (χ2n) is 9.64. The highest BCUT2D eigenvalue weighted by atomic mass is 16.3. The van der Waals surface area contributed by atoms with Crippen molar-refractivity contribution in [3.05, 3.63) is 23.3 Å². The standard InChI is InChI=1S/C23H27N3O7/c1-25(2)12-5-6-13(27)15-10(12)7-9-8-11-17(26(3)4)19(29)16(22(24)32)21(31)23(11,33)20(30)14(9)18(15)28/h5-6,9,11,14,16-17,27,33H,7-8H2,1-4H3,(H2,24,32)/t9?,11?,14?,16?,17-,23?/m0/s1. The van der Waals surface area contributed by atoms with Crippen LogP contribution in [-0.4, -0.2) is 84.0 Å². The maximum atomic E-state index is 13.7. The number of fused-ring (bicyclic) bond motifs is 3. The van der Waals surface area contributed by atoms with Gasteiger partial charge in [-0.05, 0) is 50.6 Å². The lowest BCUT2D eigenvalue weighted by molar-refractivity contribution is -0.181. The summed E-state index contributed by atoms with van der Waals surface area (Å²) >= 11 is 0. The fourth-order valence-corrected chi connectivity index (χ4v) is 6.01. The number of nitrogens with zero attached hydrogens (tertiary/aromatic N) is 2. The van der Waals surface area contributed by atoms with Gasteiger partial charge in [-0.1, -0.05) is 0 Å². The van der Waals surface area contributed by atoms with Gasteiger partial charge in [0.05, 0.1) is 17.5 Å². The number of rotatable bonds is 3. The molecule has 3 aliphatic rings. The van der Waals surface area contributed by atoms with Crippen LogP contribution in [0.25, 0.3) is 0 Å². The van der Waals surface area contributed by atoms with Gasteiger partial charge in [-0.2, -0.15) is 0 Å². The van der Waals surface area contributed by atoms with Crippen molar-refractivity contribution >= 4 is 34.7 Å². The van der Waals surface area contributed by atoms with E-state index in [2.05, 4.69) is 0 Å². The number of amides is 1. The summed E-state index contributed by atoms with van der Waals surface area (Å²) in [5.74, 6) is -10.3. The molecule has 6 atom stereocenters. The number of carbonyl (C=O) groups excluding carboxylic acids is 5. The molecule has 0 radical (unpaired) electrons. The molecule has 0 spiro atoms. The zero-order chi connectivity index (χ0) is 24.6. The first-order valence-electron chi connectivity index (χ1n) is 10.7. The van der Waals surface area contributed by atoms with E-state index in [1.54, 1.807) is 39.2 Å². The summed E-state index contributed by atoms with van der Waals surface area (Å²) in [6.07, 6.45) is 0.278. The predicted molar refractivity (Wildman–Crippen MR) is 116 cm³/mol. The Bertz CT molecular complexity index is 1110. The molecule has 3 aliphatic carbocycles. The van der Waals surface area contributed by atoms with Gasteiger partial charge in [0.25, 0.3) is 0 Å². The van der Waals surface area contributed by atoms with E-state index in [0.717, 1.165) is 0 Å². The molecule has 0 saturated heterocycles. The lowest BCUT2D eigenvalue weighted by atomic mass is 9.52. The maximum Gasteiger partial charge on any atom is 0.235 e. The molecule has 2 saturated carbocycles. The smallest absolute Gasteiger partial charge is 0.235 e. The summed E-state index contributed by atoms with van der Waals surface area (Å²) in [5, 5.41) is 21.9. The van der Waals surface area contributed by atoms with E-state index < -0.39 is 64.4 Å². The highest BCUT2D eigenvalue weighted by Crippen LogP contribution is 2.51. The molecule has 4 rings (SSSR count). The Morgan fingerprint density at radius 2 is 1.73 bits per heavy atom. The summed E-state index contributed by atoms with van der Waals surface area (Å²) in [6.45, 7) is 0. The van der Waals surface area contributed by atoms with E-state index in [0.29, 0.717) is 11.3 Å². The van der Waals surface area contributed by atoms with Crippen molar-refractivity contribution in [2.24, 2.45) is 29.4 Å². The Labute approximate surface area is 190 Å². The maximum absolute atomic E-state index is 13.7. The second kappa shape index (κ2) is 7.46. The first-order chi connectivity index (χ1) is 15.3. The Balaban J connectivity index is 1.89. The van der Waals surface area contributed by atoms with Crippen molar-refractivity contribution < 1.29 is 34.2 Å². The van der Waals surface area contributed by atoms with E-state index in [9.17, 15) is 34.2 Å². The third kappa shape index (κ3) is 2.97. The van der Waals surface area contributed by atoms with Crippen molar-refractivity contribution in [2.45, 2.75) is 24.5 Å². The molecule has 0 heterocycles. The molecular formula is C23H27N3O7. The number of hydrogen-bond donors (Lipinski definition) is 3. The van der Waals surface area contributed by atoms with Gasteiger partial charge in [0.2, 0.25) is 5.91 Å². The van der Waals surface area contributed by atoms with Crippen LogP contribution in [0, 0.1) is 23.7 Å². The fourth-order valence-electron chi connectivity index (χ4n) is 6.01. The topological polar surface area (TPSA) is 158 Å². The molecule has 10 heteroatoms. The van der Waals surface area contributed by atoms with Crippen molar-refractivity contribution in [2.75, 3.05) is 33.1 Å². The quantitative estimate of drug-likeness (QED) is 0.481. The Hall–Kier alpha value is -3.11. The number of ketones is 4. The third-order valence-corrected chi connectivity index (χ3v) is 7.40. The normalized spacial score (nSPS) is 33.5. The average Bonchev–Trinajstić information content (AvgIpc) is 2.70. The van der Waals surface area contributed by atoms with Crippen LogP contribution < -0.4 is 10.6 Å². The van der Waals surface area contributed by atoms with Gasteiger partial charge in [-0.15, -0.1) is 0 Å². The number of nitrogens with two attached hydrogens (primary N) is 1. The Morgan fingerprint density at radius 3 is 2.27 bits per heavy atom. The first-order valence-corrected chi connectivity index (χ1v) is 10.7. The van der Waals surface area contributed by atoms with Gasteiger partial charge in [0.1, 0.15) is 5.75 Å². The third-order valence-electron chi connectivity index (χ3n) is 7.40. The van der Waals surface area contributed by atoms with Crippen LogP contribution in [0.15, 0.2) is 12.1 Å². The van der Waals surface area contributed by atoms with Crippen molar-refractivity contribution in [1.29, 1.82) is 0 Å². The number of phenolic OH excluding ortho intramolecular Hbond substituents is 1. The highest BCUT2D eigenvalue weighted by Gasteiger charge is 2.69. The molecule has 5 unspecified atom stereocenters. The number of likely N-dealkylation sites (N-methyl/N-ethyl adjacent to an activating group) is 1. The van der Waals surface area contributed by atoms with Gasteiger partial charge in [0, 0.05) is 25.7 Å². The average molecular weight is 457 g/mol. The van der Waals surface area contributed by atoms with Gasteiger partial charge in [-0.25, -0.2) is 0 Å². The van der Waals surface area contributed by atoms with Crippen molar-refractivity contribution in [3.63, 3.8) is 0 Å². The summed E-state index contributed by atoms with van der Waals surface area (Å²) < 4.78 is 0. The van der Waals surface area contributed by atoms with Gasteiger partial charge in [0.15, 0.2) is 34.7 Å². The SMILES string of the molecule is CN(C)c1ccc(O)c2c1CC1CC3[C@H](N(C)C)C(=O)C(C(N)=O)C(=O)C3(O)C(=O)C1C2=O. The lowest BCUT2D eigenvalue weighted by Crippen LogP contribution is -2.74. The molecule has 1 amide bonds. The number of aromatic hydroxyl groups is 1. The number of Topliss-reactive ketones (excluding diaryl/α,β-unsaturated/α-hetero) is 4. The van der Waals surface area contributed by atoms with Crippen LogP contribution in [0.4, 0.5) is 5.69 Å². The van der Waals surface area contributed by atoms with Gasteiger partial charge < -0.3 is 20.8 Å². The van der Waals surface area contributed by atoms with Crippen LogP contribution in [0.5, 0.6) is 5.75 Å². The van der Waals surface area contributed by atoms with E-state index in [1.165, 1.54) is 11.0 Å². The van der Waals surface area contributed by atoms with E-state index in [1.807, 2.05) is 0 Å². The zero-order valence-electron chi connectivity index (χ0n) is 18.9. The summed E-state index contributed by atoms with van der Waals surface area (Å²) in [6, 6.07) is 1.94. The molecule has 0 aromatic heterocycles. The Kier molecular flexibility index (Phi) is 5.21. The van der Waals surface area contributed by atoms with Gasteiger partial charge >= 0.3 is 0 Å². The highest BCUT2D eigenvalue weighted by molar-refractivity contribution is 6.32. The van der Waals surface area contributed by atoms with Crippen LogP contribution in [0.3, 0.4) is 0 Å². The fraction of sp³-hybridized carbons (Fsp3) is 0.522.